The van der Waals surface area contributed by atoms with Crippen LogP contribution in [0.2, 0.25) is 5.15 Å². The van der Waals surface area contributed by atoms with Crippen LogP contribution in [0.15, 0.2) is 11.2 Å². The lowest BCUT2D eigenvalue weighted by Gasteiger charge is -2.03. The van der Waals surface area contributed by atoms with Crippen LogP contribution in [0, 0.1) is 12.8 Å². The van der Waals surface area contributed by atoms with Crippen LogP contribution in [-0.2, 0) is 0 Å². The van der Waals surface area contributed by atoms with Crippen molar-refractivity contribution >= 4 is 44.9 Å². The summed E-state index contributed by atoms with van der Waals surface area (Å²) in [5.74, 6) is 1.76. The molecule has 0 amide bonds. The summed E-state index contributed by atoms with van der Waals surface area (Å²) in [6, 6.07) is 2.05. The average Bonchev–Trinajstić information content (AvgIpc) is 2.58. The molecule has 0 saturated carbocycles. The standard InChI is InChI=1S/C12H15ClN2S2/c1-7(2)4-5-16-12-14-10(13)9-6-8(3)17-11(9)15-12/h6-7H,4-5H2,1-3H3. The average molecular weight is 287 g/mol. The SMILES string of the molecule is Cc1cc2c(Cl)nc(SCCC(C)C)nc2s1. The molecule has 2 aromatic heterocycles. The predicted molar refractivity (Wildman–Crippen MR) is 77.3 cm³/mol. The van der Waals surface area contributed by atoms with Crippen molar-refractivity contribution in [2.75, 3.05) is 5.75 Å². The van der Waals surface area contributed by atoms with Crippen LogP contribution in [-0.4, -0.2) is 15.7 Å². The highest BCUT2D eigenvalue weighted by Crippen LogP contribution is 2.30. The van der Waals surface area contributed by atoms with Gasteiger partial charge in [-0.25, -0.2) is 9.97 Å². The molecule has 0 fully saturated rings. The van der Waals surface area contributed by atoms with Gasteiger partial charge in [-0.1, -0.05) is 37.2 Å². The molecule has 0 spiro atoms. The van der Waals surface area contributed by atoms with Crippen molar-refractivity contribution in [1.29, 1.82) is 0 Å². The van der Waals surface area contributed by atoms with E-state index in [1.54, 1.807) is 23.1 Å². The first-order valence-corrected chi connectivity index (χ1v) is 7.80. The van der Waals surface area contributed by atoms with E-state index in [0.717, 1.165) is 21.1 Å². The van der Waals surface area contributed by atoms with Gasteiger partial charge in [0.05, 0.1) is 0 Å². The minimum absolute atomic E-state index is 0.575. The lowest BCUT2D eigenvalue weighted by atomic mass is 10.2. The molecule has 0 radical (unpaired) electrons. The number of nitrogens with zero attached hydrogens (tertiary/aromatic N) is 2. The Labute approximate surface area is 115 Å². The van der Waals surface area contributed by atoms with Gasteiger partial charge in [0, 0.05) is 16.0 Å². The Morgan fingerprint density at radius 3 is 2.88 bits per heavy atom. The quantitative estimate of drug-likeness (QED) is 0.459. The van der Waals surface area contributed by atoms with Crippen LogP contribution in [0.1, 0.15) is 25.1 Å². The summed E-state index contributed by atoms with van der Waals surface area (Å²) in [6.07, 6.45) is 1.17. The first kappa shape index (κ1) is 13.1. The minimum atomic E-state index is 0.575. The molecule has 2 aromatic rings. The van der Waals surface area contributed by atoms with Gasteiger partial charge in [-0.15, -0.1) is 11.3 Å². The lowest BCUT2D eigenvalue weighted by Crippen LogP contribution is -1.92. The molecule has 0 aliphatic rings. The molecule has 2 nitrogen and oxygen atoms in total. The van der Waals surface area contributed by atoms with E-state index >= 15 is 0 Å². The van der Waals surface area contributed by atoms with E-state index in [-0.39, 0.29) is 0 Å². The fourth-order valence-electron chi connectivity index (χ4n) is 1.44. The van der Waals surface area contributed by atoms with Gasteiger partial charge in [-0.05, 0) is 25.3 Å². The molecule has 0 aromatic carbocycles. The summed E-state index contributed by atoms with van der Waals surface area (Å²) in [4.78, 5) is 11.1. The van der Waals surface area contributed by atoms with Crippen LogP contribution in [0.25, 0.3) is 10.2 Å². The summed E-state index contributed by atoms with van der Waals surface area (Å²) in [7, 11) is 0. The van der Waals surface area contributed by atoms with Crippen molar-refractivity contribution in [1.82, 2.24) is 9.97 Å². The van der Waals surface area contributed by atoms with E-state index in [1.165, 1.54) is 11.3 Å². The van der Waals surface area contributed by atoms with Crippen molar-refractivity contribution in [3.05, 3.63) is 16.1 Å². The summed E-state index contributed by atoms with van der Waals surface area (Å²) >= 11 is 9.52. The largest absolute Gasteiger partial charge is 0.211 e. The number of rotatable bonds is 4. The zero-order chi connectivity index (χ0) is 12.4. The molecule has 0 bridgehead atoms. The molecular formula is C12H15ClN2S2. The molecule has 17 heavy (non-hydrogen) atoms. The molecule has 92 valence electrons. The maximum atomic E-state index is 6.16. The van der Waals surface area contributed by atoms with Crippen molar-refractivity contribution in [2.45, 2.75) is 32.3 Å². The van der Waals surface area contributed by atoms with Gasteiger partial charge in [-0.2, -0.15) is 0 Å². The highest BCUT2D eigenvalue weighted by molar-refractivity contribution is 7.99. The van der Waals surface area contributed by atoms with Crippen LogP contribution in [0.5, 0.6) is 0 Å². The van der Waals surface area contributed by atoms with Gasteiger partial charge in [0.15, 0.2) is 5.16 Å². The van der Waals surface area contributed by atoms with Crippen LogP contribution in [0.4, 0.5) is 0 Å². The fraction of sp³-hybridized carbons (Fsp3) is 0.500. The highest BCUT2D eigenvalue weighted by Gasteiger charge is 2.09. The number of aromatic nitrogens is 2. The monoisotopic (exact) mass is 286 g/mol. The number of fused-ring (bicyclic) bond motifs is 1. The van der Waals surface area contributed by atoms with Gasteiger partial charge in [-0.3, -0.25) is 0 Å². The van der Waals surface area contributed by atoms with E-state index in [4.69, 9.17) is 11.6 Å². The third-order valence-corrected chi connectivity index (χ3v) is 4.49. The number of hydrogen-bond acceptors (Lipinski definition) is 4. The third kappa shape index (κ3) is 3.33. The molecule has 0 N–H and O–H groups in total. The summed E-state index contributed by atoms with van der Waals surface area (Å²) < 4.78 is 0. The highest BCUT2D eigenvalue weighted by atomic mass is 35.5. The molecule has 0 saturated heterocycles. The van der Waals surface area contributed by atoms with Crippen LogP contribution in [0.3, 0.4) is 0 Å². The van der Waals surface area contributed by atoms with Crippen LogP contribution < -0.4 is 0 Å². The second-order valence-corrected chi connectivity index (χ2v) is 7.06. The second-order valence-electron chi connectivity index (χ2n) is 4.40. The van der Waals surface area contributed by atoms with Gasteiger partial charge < -0.3 is 0 Å². The van der Waals surface area contributed by atoms with Crippen molar-refractivity contribution in [2.24, 2.45) is 5.92 Å². The van der Waals surface area contributed by atoms with E-state index in [9.17, 15) is 0 Å². The molecule has 5 heteroatoms. The molecule has 0 aliphatic carbocycles. The second kappa shape index (κ2) is 5.55. The predicted octanol–water partition coefficient (Wildman–Crippen LogP) is 4.79. The topological polar surface area (TPSA) is 25.8 Å². The van der Waals surface area contributed by atoms with Crippen LogP contribution >= 0.6 is 34.7 Å². The van der Waals surface area contributed by atoms with Gasteiger partial charge >= 0.3 is 0 Å². The summed E-state index contributed by atoms with van der Waals surface area (Å²) in [6.45, 7) is 6.51. The van der Waals surface area contributed by atoms with E-state index in [0.29, 0.717) is 11.1 Å². The van der Waals surface area contributed by atoms with Crippen molar-refractivity contribution in [3.63, 3.8) is 0 Å². The zero-order valence-corrected chi connectivity index (χ0v) is 12.5. The molecule has 2 heterocycles. The maximum Gasteiger partial charge on any atom is 0.190 e. The number of hydrogen-bond donors (Lipinski definition) is 0. The zero-order valence-electron chi connectivity index (χ0n) is 10.2. The first-order chi connectivity index (χ1) is 8.06. The first-order valence-electron chi connectivity index (χ1n) is 5.62. The Kier molecular flexibility index (Phi) is 4.28. The van der Waals surface area contributed by atoms with E-state index in [2.05, 4.69) is 30.7 Å². The van der Waals surface area contributed by atoms with Crippen molar-refractivity contribution in [3.8, 4) is 0 Å². The third-order valence-electron chi connectivity index (χ3n) is 2.38. The molecule has 0 unspecified atom stereocenters. The Morgan fingerprint density at radius 2 is 2.18 bits per heavy atom. The number of thiophene rings is 1. The normalized spacial score (nSPS) is 11.6. The Bertz CT molecular complexity index is 522. The Balaban J connectivity index is 2.18. The van der Waals surface area contributed by atoms with Gasteiger partial charge in [0.25, 0.3) is 0 Å². The molecular weight excluding hydrogens is 272 g/mol. The smallest absolute Gasteiger partial charge is 0.190 e. The van der Waals surface area contributed by atoms with Gasteiger partial charge in [0.1, 0.15) is 9.98 Å². The molecule has 0 aliphatic heterocycles. The maximum absolute atomic E-state index is 6.16. The summed E-state index contributed by atoms with van der Waals surface area (Å²) in [5, 5.41) is 2.35. The van der Waals surface area contributed by atoms with Gasteiger partial charge in [0.2, 0.25) is 0 Å². The van der Waals surface area contributed by atoms with Crippen molar-refractivity contribution < 1.29 is 0 Å². The Morgan fingerprint density at radius 1 is 1.41 bits per heavy atom. The number of thioether (sulfide) groups is 1. The minimum Gasteiger partial charge on any atom is -0.211 e. The van der Waals surface area contributed by atoms with E-state index in [1.807, 2.05) is 6.07 Å². The van der Waals surface area contributed by atoms with E-state index < -0.39 is 0 Å². The Hall–Kier alpha value is -0.320. The fourth-order valence-corrected chi connectivity index (χ4v) is 3.79. The summed E-state index contributed by atoms with van der Waals surface area (Å²) in [5.41, 5.74) is 0. The lowest BCUT2D eigenvalue weighted by molar-refractivity contribution is 0.631. The number of halogens is 1. The molecule has 0 atom stereocenters. The molecule has 2 rings (SSSR count). The number of aryl methyl sites for hydroxylation is 1.